The van der Waals surface area contributed by atoms with Crippen LogP contribution < -0.4 is 66.6 Å². The summed E-state index contributed by atoms with van der Waals surface area (Å²) in [5, 5.41) is 122. The number of amides is 8. The average molecular weight is 1690 g/mol. The number of carbonyl (C=O) groups excluding carboxylic acids is 8. The molecule has 10 aliphatic rings. The lowest BCUT2D eigenvalue weighted by atomic mass is 9.17. The number of likely N-dealkylation sites (N-methyl/N-ethyl adjacent to an activating group) is 1. The van der Waals surface area contributed by atoms with Gasteiger partial charge in [-0.3, -0.25) is 38.4 Å². The number of aliphatic hydroxyl groups excluding tert-OH is 6. The number of phenols is 1. The van der Waals surface area contributed by atoms with Crippen LogP contribution in [0.3, 0.4) is 0 Å². The van der Waals surface area contributed by atoms with E-state index in [0.717, 1.165) is 79.9 Å². The van der Waals surface area contributed by atoms with Crippen molar-refractivity contribution >= 4 is 80.5 Å². The summed E-state index contributed by atoms with van der Waals surface area (Å²) >= 11 is 14.1. The molecule has 5 aliphatic carbocycles. The maximum absolute atomic E-state index is 16.2. The number of fused-ring (bicyclic) bond motifs is 15. The topological polar surface area (TPSA) is 540 Å². The van der Waals surface area contributed by atoms with Crippen LogP contribution in [0.1, 0.15) is 122 Å². The van der Waals surface area contributed by atoms with Gasteiger partial charge in [-0.25, -0.2) is 13.1 Å². The van der Waals surface area contributed by atoms with Crippen molar-refractivity contribution in [1.82, 2.24) is 41.9 Å². The van der Waals surface area contributed by atoms with Gasteiger partial charge in [-0.2, -0.15) is 0 Å². The summed E-state index contributed by atoms with van der Waals surface area (Å²) < 4.78 is 71.5. The summed E-state index contributed by atoms with van der Waals surface area (Å²) in [4.78, 5) is 120. The number of nitrogens with one attached hydrogen (secondary N) is 8. The number of phenolic OH excluding ortho intramolecular Hbond substituents is 1. The van der Waals surface area contributed by atoms with E-state index in [0.29, 0.717) is 18.4 Å². The molecule has 118 heavy (non-hydrogen) atoms. The van der Waals surface area contributed by atoms with Gasteiger partial charge in [0.25, 0.3) is 10.0 Å². The number of ether oxygens (including phenoxy) is 7. The van der Waals surface area contributed by atoms with Gasteiger partial charge in [-0.05, 0) is 180 Å². The van der Waals surface area contributed by atoms with Crippen molar-refractivity contribution in [2.45, 2.75) is 148 Å². The SMILES string of the molecule is CNC(CC(C)C)C(=O)NC1C(=O)NC(CC(=O)NS(=O)(=O)c2ccc(OCCOCCOC)cc2)C(=O)NC2C(=O)NC(C(N)=O)c3ccc4c(c3)-c3c(cc(O)cc3C4(O)O)C(C(=O)NC3C4CC5CC6CC3C564)NC(=O)CC(O)c3ccc(c(Cl)c3)Oc3cc2cc(c3OC2OC(CO)C(O)C(O)C2O)Oc2c#cc(cc2Cl)C1O. The van der Waals surface area contributed by atoms with Crippen molar-refractivity contribution in [3.05, 3.63) is 152 Å². The van der Waals surface area contributed by atoms with E-state index in [1.54, 1.807) is 13.8 Å². The van der Waals surface area contributed by atoms with Crippen LogP contribution in [0.2, 0.25) is 10.0 Å². The first kappa shape index (κ1) is 84.4. The number of benzene rings is 5. The van der Waals surface area contributed by atoms with Crippen LogP contribution in [-0.2, 0) is 68.4 Å². The zero-order chi connectivity index (χ0) is 84.5. The Morgan fingerprint density at radius 2 is 1.43 bits per heavy atom. The first-order valence-electron chi connectivity index (χ1n) is 38.0. The smallest absolute Gasteiger partial charge is 0.264 e. The number of hydrogen-bond donors (Lipinski definition) is 18. The molecule has 19 N–H and O–H groups in total. The second-order valence-corrected chi connectivity index (χ2v) is 33.5. The molecule has 1 spiro atoms. The molecule has 6 aromatic rings. The van der Waals surface area contributed by atoms with Crippen molar-refractivity contribution < 1.29 is 126 Å². The van der Waals surface area contributed by atoms with Crippen LogP contribution in [-0.4, -0.2) is 204 Å². The fourth-order valence-electron chi connectivity index (χ4n) is 17.6. The first-order chi connectivity index (χ1) is 56.1. The summed E-state index contributed by atoms with van der Waals surface area (Å²) in [5.41, 5.74) is 3.77. The van der Waals surface area contributed by atoms with Gasteiger partial charge >= 0.3 is 0 Å². The van der Waals surface area contributed by atoms with Crippen molar-refractivity contribution in [3.63, 3.8) is 0 Å². The van der Waals surface area contributed by atoms with E-state index in [2.05, 4.69) is 49.4 Å². The third kappa shape index (κ3) is 16.0. The Morgan fingerprint density at radius 1 is 0.729 bits per heavy atom. The summed E-state index contributed by atoms with van der Waals surface area (Å²) in [6.45, 7) is 3.34. The molecule has 17 unspecified atom stereocenters. The summed E-state index contributed by atoms with van der Waals surface area (Å²) in [7, 11) is -1.99. The largest absolute Gasteiger partial charge is 0.508 e. The van der Waals surface area contributed by atoms with Crippen molar-refractivity contribution in [1.29, 1.82) is 0 Å². The van der Waals surface area contributed by atoms with Gasteiger partial charge in [0, 0.05) is 29.8 Å². The monoisotopic (exact) mass is 1690 g/mol. The minimum atomic E-state index is -4.93. The number of methoxy groups -OCH3 is 1. The number of sulfonamides is 1. The lowest BCUT2D eigenvalue weighted by molar-refractivity contribution is -0.390. The maximum Gasteiger partial charge on any atom is 0.264 e. The number of aliphatic hydroxyl groups is 8. The highest BCUT2D eigenvalue weighted by atomic mass is 35.5. The predicted molar refractivity (Wildman–Crippen MR) is 410 cm³/mol. The molecule has 628 valence electrons. The molecule has 4 saturated carbocycles. The summed E-state index contributed by atoms with van der Waals surface area (Å²) in [6.07, 6.45) is -13.3. The third-order valence-corrected chi connectivity index (χ3v) is 25.4. The molecule has 16 rings (SSSR count). The second-order valence-electron chi connectivity index (χ2n) is 31.0. The Bertz CT molecular complexity index is 5060. The van der Waals surface area contributed by atoms with Gasteiger partial charge in [0.05, 0.1) is 66.4 Å². The molecule has 17 atom stereocenters. The molecule has 6 aromatic carbocycles. The van der Waals surface area contributed by atoms with Gasteiger partial charge < -0.3 is 122 Å². The van der Waals surface area contributed by atoms with Crippen LogP contribution in [0.25, 0.3) is 11.1 Å². The number of nitrogens with two attached hydrogens (primary N) is 1. The van der Waals surface area contributed by atoms with Crippen molar-refractivity contribution in [2.75, 3.05) is 47.2 Å². The second kappa shape index (κ2) is 33.6. The predicted octanol–water partition coefficient (Wildman–Crippen LogP) is 1.07. The molecule has 8 amide bonds. The van der Waals surface area contributed by atoms with Gasteiger partial charge in [-0.15, -0.1) is 0 Å². The first-order valence-corrected chi connectivity index (χ1v) is 40.3. The highest BCUT2D eigenvalue weighted by molar-refractivity contribution is 7.90. The fourth-order valence-corrected chi connectivity index (χ4v) is 19.0. The number of hydrogen-bond acceptors (Lipinski definition) is 27. The standard InChI is InChI=1S/C80H87Cl2N9O26S/c1-33(2)19-51(84-3)73(102)90-66-67(97)36-7-14-55(50(82)22-36)115-57-24-37-23-56(71(57)117-78-70(100)69(99)68(98)58(32-92)116-78)114-54-13-6-34(21-49(54)81)53(94)31-59(95)86-64(76(105)89-65-47-26-38-25-39-27-48(65)79(38,39)47)44-28-40(93)29-46-61(44)43-20-35(5-12-45(43)80(46,107)108)62(72(83)101)87-75(104)63(37)88-74(103)52(85-77(66)106)30-60(96)91-118(109,110)42-10-8-41(9-11-42)113-18-17-112-16-15-111-4/h5-6,8-13,20-24,28-29,33,38-39,47-48,51-53,58,62-70,78,84,92-94,97-100,107-108H,15-19,25-27,30-32H2,1-4H3,(H2,83,101)(H,85,106)(H,86,95)(H,87,104)(H,88,103)(H,89,105)(H,90,102)(H,91,96). The molecule has 38 heteroatoms. The molecule has 0 aromatic heterocycles. The van der Waals surface area contributed by atoms with E-state index in [1.807, 2.05) is 4.72 Å². The van der Waals surface area contributed by atoms with E-state index >= 15 is 19.2 Å². The minimum absolute atomic E-state index is 0.0390. The zero-order valence-corrected chi connectivity index (χ0v) is 65.9. The lowest BCUT2D eigenvalue weighted by Crippen LogP contribution is -2.88. The lowest BCUT2D eigenvalue weighted by Gasteiger charge is -2.88. The number of carbonyl (C=O) groups is 8. The molecule has 1 saturated heterocycles. The van der Waals surface area contributed by atoms with Crippen LogP contribution >= 0.6 is 23.2 Å². The van der Waals surface area contributed by atoms with E-state index in [9.17, 15) is 73.6 Å². The maximum atomic E-state index is 16.2. The van der Waals surface area contributed by atoms with Gasteiger partial charge in [-0.1, -0.05) is 61.3 Å². The Morgan fingerprint density at radius 3 is 2.09 bits per heavy atom. The Kier molecular flexibility index (Phi) is 24.1. The number of rotatable bonds is 22. The van der Waals surface area contributed by atoms with E-state index in [-0.39, 0.29) is 99.6 Å². The van der Waals surface area contributed by atoms with Crippen LogP contribution in [0.5, 0.6) is 40.2 Å². The highest BCUT2D eigenvalue weighted by Gasteiger charge is 2.84. The zero-order valence-electron chi connectivity index (χ0n) is 63.6. The van der Waals surface area contributed by atoms with E-state index < -0.39 is 223 Å². The van der Waals surface area contributed by atoms with Crippen LogP contribution in [0.4, 0.5) is 0 Å². The van der Waals surface area contributed by atoms with Gasteiger partial charge in [0.1, 0.15) is 84.6 Å². The molecular formula is C80H87Cl2N9O26S. The van der Waals surface area contributed by atoms with Crippen molar-refractivity contribution in [2.24, 2.45) is 40.7 Å². The molecule has 35 nitrogen and oxygen atoms in total. The molecule has 5 fully saturated rings. The number of halogens is 2. The quantitative estimate of drug-likeness (QED) is 0.0334. The highest BCUT2D eigenvalue weighted by Crippen LogP contribution is 2.87. The number of primary amides is 1. The fraction of sp³-hybridized carbons (Fsp3) is 0.450. The van der Waals surface area contributed by atoms with Gasteiger partial charge in [0.15, 0.2) is 17.2 Å². The normalized spacial score (nSPS) is 28.7. The molecule has 9 bridgehead atoms. The third-order valence-electron chi connectivity index (χ3n) is 23.4. The summed E-state index contributed by atoms with van der Waals surface area (Å²) in [6, 6.07) is 9.62. The van der Waals surface area contributed by atoms with Gasteiger partial charge in [0.2, 0.25) is 65.1 Å². The van der Waals surface area contributed by atoms with E-state index in [4.69, 9.17) is 62.1 Å². The van der Waals surface area contributed by atoms with Crippen molar-refractivity contribution in [3.8, 4) is 51.4 Å². The summed E-state index contributed by atoms with van der Waals surface area (Å²) in [5.74, 6) is -15.4. The average Bonchev–Trinajstić information content (AvgIpc) is 0.631. The minimum Gasteiger partial charge on any atom is -0.508 e. The Balaban J connectivity index is 0.923. The van der Waals surface area contributed by atoms with Crippen LogP contribution in [0, 0.1) is 47.1 Å². The molecule has 0 radical (unpaired) electrons. The molecule has 5 aliphatic heterocycles. The number of aromatic hydroxyl groups is 1. The molecular weight excluding hydrogens is 1610 g/mol. The Labute approximate surface area is 684 Å². The van der Waals surface area contributed by atoms with E-state index in [1.165, 1.54) is 44.5 Å². The molecule has 5 heterocycles. The van der Waals surface area contributed by atoms with Crippen LogP contribution in [0.15, 0.2) is 95.9 Å². The Hall–Kier alpha value is -10.1.